The van der Waals surface area contributed by atoms with Gasteiger partial charge in [0.2, 0.25) is 0 Å². The number of fused-ring (bicyclic) bond motifs is 1. The van der Waals surface area contributed by atoms with Crippen LogP contribution in [0.1, 0.15) is 52.9 Å². The van der Waals surface area contributed by atoms with Crippen molar-refractivity contribution in [3.63, 3.8) is 0 Å². The quantitative estimate of drug-likeness (QED) is 0.738. The molecule has 0 spiro atoms. The standard InChI is InChI=1S/C23H26N2O4/c1-15-7-5-10-18(13-15)23(28)24-14-21(26)29-16(2)22(27)25-20-12-6-9-17-8-3-4-11-19(17)20/h3-5,7-8,10-11,13,16,20H,6,9,12,14H2,1-2H3,(H,24,28)(H,25,27)/t16-,20+/m0/s1. The Balaban J connectivity index is 1.48. The van der Waals surface area contributed by atoms with Gasteiger partial charge in [0.25, 0.3) is 11.8 Å². The van der Waals surface area contributed by atoms with E-state index in [0.29, 0.717) is 5.56 Å². The van der Waals surface area contributed by atoms with Crippen molar-refractivity contribution in [2.75, 3.05) is 6.54 Å². The van der Waals surface area contributed by atoms with Crippen molar-refractivity contribution in [3.05, 3.63) is 70.8 Å². The fraction of sp³-hybridized carbons (Fsp3) is 0.348. The summed E-state index contributed by atoms with van der Waals surface area (Å²) in [5.41, 5.74) is 3.79. The highest BCUT2D eigenvalue weighted by Crippen LogP contribution is 2.29. The van der Waals surface area contributed by atoms with Crippen molar-refractivity contribution >= 4 is 17.8 Å². The topological polar surface area (TPSA) is 84.5 Å². The number of ether oxygens (including phenoxy) is 1. The van der Waals surface area contributed by atoms with Gasteiger partial charge in [0.1, 0.15) is 6.54 Å². The molecule has 2 aromatic carbocycles. The van der Waals surface area contributed by atoms with Crippen LogP contribution < -0.4 is 10.6 Å². The number of hydrogen-bond donors (Lipinski definition) is 2. The third-order valence-corrected chi connectivity index (χ3v) is 5.04. The molecule has 29 heavy (non-hydrogen) atoms. The number of esters is 1. The SMILES string of the molecule is Cc1cccc(C(=O)NCC(=O)O[C@@H](C)C(=O)N[C@@H]2CCCc3ccccc32)c1. The van der Waals surface area contributed by atoms with E-state index in [0.717, 1.165) is 30.4 Å². The molecule has 1 aliphatic carbocycles. The van der Waals surface area contributed by atoms with Crippen LogP contribution in [0.15, 0.2) is 48.5 Å². The molecule has 6 heteroatoms. The molecule has 2 aromatic rings. The summed E-state index contributed by atoms with van der Waals surface area (Å²) < 4.78 is 5.19. The average molecular weight is 394 g/mol. The van der Waals surface area contributed by atoms with E-state index >= 15 is 0 Å². The smallest absolute Gasteiger partial charge is 0.326 e. The fourth-order valence-electron chi connectivity index (χ4n) is 3.53. The van der Waals surface area contributed by atoms with E-state index in [1.165, 1.54) is 12.5 Å². The molecule has 0 unspecified atom stereocenters. The molecule has 0 saturated heterocycles. The lowest BCUT2D eigenvalue weighted by atomic mass is 9.87. The number of benzene rings is 2. The predicted octanol–water partition coefficient (Wildman–Crippen LogP) is 2.85. The Kier molecular flexibility index (Phi) is 6.65. The molecule has 0 saturated carbocycles. The number of rotatable bonds is 6. The first-order valence-corrected chi connectivity index (χ1v) is 9.86. The molecule has 2 atom stereocenters. The minimum atomic E-state index is -0.938. The summed E-state index contributed by atoms with van der Waals surface area (Å²) in [5, 5.41) is 5.49. The summed E-state index contributed by atoms with van der Waals surface area (Å²) in [6.45, 7) is 3.12. The van der Waals surface area contributed by atoms with Crippen LogP contribution in [0.25, 0.3) is 0 Å². The molecule has 2 amide bonds. The number of carbonyl (C=O) groups is 3. The summed E-state index contributed by atoms with van der Waals surface area (Å²) in [4.78, 5) is 36.6. The Morgan fingerprint density at radius 1 is 1.14 bits per heavy atom. The highest BCUT2D eigenvalue weighted by Gasteiger charge is 2.25. The van der Waals surface area contributed by atoms with E-state index in [4.69, 9.17) is 4.74 Å². The Bertz CT molecular complexity index is 909. The minimum Gasteiger partial charge on any atom is -0.451 e. The van der Waals surface area contributed by atoms with E-state index in [1.807, 2.05) is 31.2 Å². The lowest BCUT2D eigenvalue weighted by molar-refractivity contribution is -0.154. The maximum Gasteiger partial charge on any atom is 0.326 e. The highest BCUT2D eigenvalue weighted by molar-refractivity contribution is 5.96. The van der Waals surface area contributed by atoms with Gasteiger partial charge < -0.3 is 15.4 Å². The molecular formula is C23H26N2O4. The Morgan fingerprint density at radius 2 is 1.93 bits per heavy atom. The fourth-order valence-corrected chi connectivity index (χ4v) is 3.53. The van der Waals surface area contributed by atoms with Crippen molar-refractivity contribution in [2.45, 2.75) is 45.3 Å². The van der Waals surface area contributed by atoms with Crippen LogP contribution in [0, 0.1) is 6.92 Å². The predicted molar refractivity (Wildman–Crippen MR) is 109 cm³/mol. The van der Waals surface area contributed by atoms with E-state index in [-0.39, 0.29) is 24.4 Å². The largest absolute Gasteiger partial charge is 0.451 e. The molecule has 152 valence electrons. The average Bonchev–Trinajstić information content (AvgIpc) is 2.72. The Hall–Kier alpha value is -3.15. The maximum atomic E-state index is 12.5. The summed E-state index contributed by atoms with van der Waals surface area (Å²) in [7, 11) is 0. The lowest BCUT2D eigenvalue weighted by Gasteiger charge is -2.27. The van der Waals surface area contributed by atoms with Gasteiger partial charge in [0, 0.05) is 5.56 Å². The molecule has 0 fully saturated rings. The van der Waals surface area contributed by atoms with Crippen LogP contribution in [-0.2, 0) is 20.7 Å². The van der Waals surface area contributed by atoms with Crippen LogP contribution in [0.3, 0.4) is 0 Å². The first kappa shape index (κ1) is 20.6. The lowest BCUT2D eigenvalue weighted by Crippen LogP contribution is -2.41. The molecule has 0 aliphatic heterocycles. The number of amides is 2. The van der Waals surface area contributed by atoms with Crippen molar-refractivity contribution in [3.8, 4) is 0 Å². The molecule has 0 bridgehead atoms. The van der Waals surface area contributed by atoms with E-state index < -0.39 is 12.1 Å². The number of aryl methyl sites for hydroxylation is 2. The molecule has 2 N–H and O–H groups in total. The van der Waals surface area contributed by atoms with Gasteiger partial charge in [-0.3, -0.25) is 14.4 Å². The number of hydrogen-bond acceptors (Lipinski definition) is 4. The Labute approximate surface area is 170 Å². The second-order valence-corrected chi connectivity index (χ2v) is 7.34. The van der Waals surface area contributed by atoms with Gasteiger partial charge in [-0.1, -0.05) is 42.0 Å². The molecular weight excluding hydrogens is 368 g/mol. The molecule has 3 rings (SSSR count). The molecule has 0 heterocycles. The molecule has 6 nitrogen and oxygen atoms in total. The van der Waals surface area contributed by atoms with Crippen LogP contribution in [0.4, 0.5) is 0 Å². The van der Waals surface area contributed by atoms with Gasteiger partial charge in [0.15, 0.2) is 6.10 Å². The monoisotopic (exact) mass is 394 g/mol. The Morgan fingerprint density at radius 3 is 2.72 bits per heavy atom. The van der Waals surface area contributed by atoms with E-state index in [1.54, 1.807) is 18.2 Å². The van der Waals surface area contributed by atoms with E-state index in [2.05, 4.69) is 16.7 Å². The van der Waals surface area contributed by atoms with E-state index in [9.17, 15) is 14.4 Å². The zero-order chi connectivity index (χ0) is 20.8. The molecule has 1 aliphatic rings. The van der Waals surface area contributed by atoms with Gasteiger partial charge in [-0.25, -0.2) is 0 Å². The van der Waals surface area contributed by atoms with Gasteiger partial charge in [-0.2, -0.15) is 0 Å². The van der Waals surface area contributed by atoms with Gasteiger partial charge in [-0.05, 0) is 56.4 Å². The normalized spacial score (nSPS) is 16.3. The van der Waals surface area contributed by atoms with Gasteiger partial charge in [-0.15, -0.1) is 0 Å². The number of carbonyl (C=O) groups excluding carboxylic acids is 3. The van der Waals surface area contributed by atoms with Gasteiger partial charge >= 0.3 is 5.97 Å². The summed E-state index contributed by atoms with van der Waals surface area (Å²) in [6, 6.07) is 15.1. The zero-order valence-electron chi connectivity index (χ0n) is 16.7. The van der Waals surface area contributed by atoms with Crippen LogP contribution in [0.2, 0.25) is 0 Å². The zero-order valence-corrected chi connectivity index (χ0v) is 16.7. The number of nitrogens with one attached hydrogen (secondary N) is 2. The van der Waals surface area contributed by atoms with Crippen LogP contribution in [-0.4, -0.2) is 30.4 Å². The first-order valence-electron chi connectivity index (χ1n) is 9.86. The minimum absolute atomic E-state index is 0.0744. The van der Waals surface area contributed by atoms with Crippen LogP contribution >= 0.6 is 0 Å². The van der Waals surface area contributed by atoms with Crippen molar-refractivity contribution in [1.29, 1.82) is 0 Å². The van der Waals surface area contributed by atoms with Crippen molar-refractivity contribution in [2.24, 2.45) is 0 Å². The first-order chi connectivity index (χ1) is 13.9. The summed E-state index contributed by atoms with van der Waals surface area (Å²) in [6.07, 6.45) is 1.93. The molecule has 0 radical (unpaired) electrons. The third-order valence-electron chi connectivity index (χ3n) is 5.04. The second-order valence-electron chi connectivity index (χ2n) is 7.34. The highest BCUT2D eigenvalue weighted by atomic mass is 16.5. The van der Waals surface area contributed by atoms with Crippen LogP contribution in [0.5, 0.6) is 0 Å². The third kappa shape index (κ3) is 5.44. The summed E-state index contributed by atoms with van der Waals surface area (Å²) >= 11 is 0. The van der Waals surface area contributed by atoms with Gasteiger partial charge in [0.05, 0.1) is 6.04 Å². The van der Waals surface area contributed by atoms with Crippen molar-refractivity contribution < 1.29 is 19.1 Å². The summed E-state index contributed by atoms with van der Waals surface area (Å²) in [5.74, 6) is -1.36. The molecule has 0 aromatic heterocycles. The second kappa shape index (κ2) is 9.37. The maximum absolute atomic E-state index is 12.5. The van der Waals surface area contributed by atoms with Crippen molar-refractivity contribution in [1.82, 2.24) is 10.6 Å².